The Balaban J connectivity index is 3.02. The Morgan fingerprint density at radius 3 is 3.00 bits per heavy atom. The van der Waals surface area contributed by atoms with Crippen molar-refractivity contribution < 1.29 is 21.5 Å². The van der Waals surface area contributed by atoms with Crippen LogP contribution in [-0.2, 0) is 0 Å². The van der Waals surface area contributed by atoms with Crippen LogP contribution in [0.4, 0.5) is 5.69 Å². The molecule has 0 aliphatic heterocycles. The molecule has 0 amide bonds. The second-order valence-electron chi connectivity index (χ2n) is 1.99. The predicted molar refractivity (Wildman–Crippen MR) is 49.4 cm³/mol. The van der Waals surface area contributed by atoms with Crippen LogP contribution in [0.3, 0.4) is 0 Å². The van der Waals surface area contributed by atoms with Gasteiger partial charge in [0, 0.05) is 0 Å². The van der Waals surface area contributed by atoms with E-state index in [0.717, 1.165) is 10.3 Å². The first-order valence-electron chi connectivity index (χ1n) is 3.19. The van der Waals surface area contributed by atoms with Crippen LogP contribution in [0.25, 0.3) is 0 Å². The molecule has 1 aromatic rings. The number of nitrogens with one attached hydrogen (secondary N) is 2. The minimum atomic E-state index is -0.0127. The maximum absolute atomic E-state index is 7.12. The van der Waals surface area contributed by atoms with Gasteiger partial charge in [0.05, 0.1) is 0 Å². The Labute approximate surface area is 90.2 Å². The van der Waals surface area contributed by atoms with Gasteiger partial charge in [-0.1, -0.05) is 0 Å². The van der Waals surface area contributed by atoms with Gasteiger partial charge in [0.25, 0.3) is 0 Å². The van der Waals surface area contributed by atoms with Crippen molar-refractivity contribution in [3.63, 3.8) is 0 Å². The van der Waals surface area contributed by atoms with E-state index in [-0.39, 0.29) is 21.5 Å². The fourth-order valence-corrected chi connectivity index (χ4v) is 2.10. The molecule has 0 spiro atoms. The average molecular weight is 341 g/mol. The van der Waals surface area contributed by atoms with Gasteiger partial charge in [-0.25, -0.2) is 0 Å². The van der Waals surface area contributed by atoms with Gasteiger partial charge in [-0.15, -0.1) is 0 Å². The summed E-state index contributed by atoms with van der Waals surface area (Å²) >= 11 is 3.24. The number of hydrogen-bond acceptors (Lipinski definition) is 3. The molecule has 1 aromatic heterocycles. The molecule has 0 aliphatic carbocycles. The molecule has 3 nitrogen and oxygen atoms in total. The van der Waals surface area contributed by atoms with E-state index in [4.69, 9.17) is 5.41 Å². The first-order valence-corrected chi connectivity index (χ1v) is 7.22. The van der Waals surface area contributed by atoms with Crippen molar-refractivity contribution in [2.24, 2.45) is 0 Å². The molecule has 1 rings (SSSR count). The number of rotatable bonds is 3. The molecule has 0 atom stereocenters. The first kappa shape index (κ1) is 9.91. The summed E-state index contributed by atoms with van der Waals surface area (Å²) in [7, 11) is 0. The number of alkyl halides is 1. The first-order chi connectivity index (χ1) is 5.77. The summed E-state index contributed by atoms with van der Waals surface area (Å²) in [5.74, 6) is 0. The second kappa shape index (κ2) is 4.76. The van der Waals surface area contributed by atoms with Crippen LogP contribution in [0.1, 0.15) is 5.69 Å². The Hall–Kier alpha value is -0.170. The zero-order valence-corrected chi connectivity index (χ0v) is 10.2. The second-order valence-corrected chi connectivity index (χ2v) is 4.43. The molecule has 2 N–H and O–H groups in total. The van der Waals surface area contributed by atoms with E-state index in [0.29, 0.717) is 5.69 Å². The summed E-state index contributed by atoms with van der Waals surface area (Å²) in [6, 6.07) is 3.80. The molecule has 66 valence electrons. The number of nitrogens with zero attached hydrogens (tertiary/aromatic N) is 1. The maximum atomic E-state index is 7.12. The van der Waals surface area contributed by atoms with Crippen molar-refractivity contribution in [3.8, 4) is 0 Å². The predicted octanol–water partition coefficient (Wildman–Crippen LogP) is -1.11. The van der Waals surface area contributed by atoms with Crippen LogP contribution in [0.15, 0.2) is 16.7 Å². The van der Waals surface area contributed by atoms with Gasteiger partial charge >= 0.3 is 90.6 Å². The molecule has 0 saturated heterocycles. The third kappa shape index (κ3) is 2.41. The van der Waals surface area contributed by atoms with Crippen LogP contribution in [0.2, 0.25) is 0 Å². The summed E-state index contributed by atoms with van der Waals surface area (Å²) in [6.07, 6.45) is 1.26. The monoisotopic (exact) mass is 340 g/mol. The Morgan fingerprint density at radius 1 is 1.67 bits per heavy atom. The van der Waals surface area contributed by atoms with E-state index < -0.39 is 0 Å². The van der Waals surface area contributed by atoms with E-state index in [1.807, 2.05) is 12.1 Å². The molecule has 0 aromatic carbocycles. The van der Waals surface area contributed by atoms with Crippen molar-refractivity contribution in [1.82, 2.24) is 4.98 Å². The van der Waals surface area contributed by atoms with E-state index in [9.17, 15) is 0 Å². The van der Waals surface area contributed by atoms with Gasteiger partial charge in [0.2, 0.25) is 0 Å². The van der Waals surface area contributed by atoms with Crippen molar-refractivity contribution in [3.05, 3.63) is 22.4 Å². The fraction of sp³-hybridized carbons (Fsp3) is 0.143. The van der Waals surface area contributed by atoms with Gasteiger partial charge < -0.3 is 0 Å². The van der Waals surface area contributed by atoms with Crippen molar-refractivity contribution in [1.29, 1.82) is 5.41 Å². The normalized spacial score (nSPS) is 9.83. The van der Waals surface area contributed by atoms with Crippen LogP contribution in [0, 0.1) is 5.41 Å². The minimum absolute atomic E-state index is 0.0127. The third-order valence-electron chi connectivity index (χ3n) is 1.22. The molecule has 0 radical (unpaired) electrons. The van der Waals surface area contributed by atoms with Gasteiger partial charge in [-0.05, 0) is 0 Å². The summed E-state index contributed by atoms with van der Waals surface area (Å²) in [5.41, 5.74) is 1.63. The van der Waals surface area contributed by atoms with Crippen LogP contribution >= 0.6 is 15.9 Å². The van der Waals surface area contributed by atoms with Gasteiger partial charge in [0.15, 0.2) is 0 Å². The van der Waals surface area contributed by atoms with Gasteiger partial charge in [-0.3, -0.25) is 0 Å². The average Bonchev–Trinajstić information content (AvgIpc) is 2.08. The molecule has 0 fully saturated rings. The van der Waals surface area contributed by atoms with Gasteiger partial charge in [-0.2, -0.15) is 0 Å². The quantitative estimate of drug-likeness (QED) is 0.241. The zero-order valence-electron chi connectivity index (χ0n) is 6.44. The van der Waals surface area contributed by atoms with Crippen molar-refractivity contribution in [2.45, 2.75) is 0 Å². The molecule has 5 heteroatoms. The van der Waals surface area contributed by atoms with Crippen LogP contribution < -0.4 is 25.0 Å². The van der Waals surface area contributed by atoms with Crippen molar-refractivity contribution in [2.75, 3.05) is 8.46 Å². The molecule has 0 aliphatic rings. The van der Waals surface area contributed by atoms with Crippen molar-refractivity contribution >= 4 is 27.8 Å². The summed E-state index contributed by atoms with van der Waals surface area (Å²) in [4.78, 5) is 6.26. The third-order valence-corrected chi connectivity index (χ3v) is 2.79. The van der Waals surface area contributed by atoms with Gasteiger partial charge in [0.1, 0.15) is 0 Å². The summed E-state index contributed by atoms with van der Waals surface area (Å²) in [5, 5.41) is 7.12. The molecule has 1 heterocycles. The standard InChI is InChI=1S/C7H8BrIN3/c1-9-12-5-2-3-7(8)11-6(5)4-10/h2-4,10,12H,1H3/q-1. The van der Waals surface area contributed by atoms with Crippen LogP contribution in [0.5, 0.6) is 0 Å². The molecular weight excluding hydrogens is 333 g/mol. The van der Waals surface area contributed by atoms with E-state index in [1.54, 1.807) is 0 Å². The fourth-order valence-electron chi connectivity index (χ4n) is 0.742. The zero-order chi connectivity index (χ0) is 8.97. The number of anilines is 1. The number of halogens is 2. The molecule has 0 unspecified atom stereocenters. The van der Waals surface area contributed by atoms with E-state index in [1.165, 1.54) is 6.21 Å². The number of aromatic nitrogens is 1. The van der Waals surface area contributed by atoms with E-state index >= 15 is 0 Å². The Bertz CT molecular complexity index is 290. The molecule has 0 saturated carbocycles. The SMILES string of the molecule is C[I-]Nc1ccc(Br)nc1C=N. The Kier molecular flexibility index (Phi) is 3.93. The topological polar surface area (TPSA) is 48.8 Å². The van der Waals surface area contributed by atoms with Crippen LogP contribution in [-0.4, -0.2) is 16.1 Å². The number of hydrogen-bond donors (Lipinski definition) is 2. The number of pyridine rings is 1. The summed E-state index contributed by atoms with van der Waals surface area (Å²) in [6.45, 7) is 0. The Morgan fingerprint density at radius 2 is 2.42 bits per heavy atom. The molecule has 12 heavy (non-hydrogen) atoms. The molecule has 0 bridgehead atoms. The summed E-state index contributed by atoms with van der Waals surface area (Å²) < 4.78 is 3.99. The van der Waals surface area contributed by atoms with E-state index in [2.05, 4.69) is 29.4 Å². The molecular formula is C7H8BrIN3-.